The lowest BCUT2D eigenvalue weighted by Gasteiger charge is -2.19. The zero-order valence-corrected chi connectivity index (χ0v) is 11.5. The summed E-state index contributed by atoms with van der Waals surface area (Å²) in [6, 6.07) is 4.28. The fourth-order valence-corrected chi connectivity index (χ4v) is 3.84. The minimum Gasteiger partial charge on any atom is -0.398 e. The lowest BCUT2D eigenvalue weighted by molar-refractivity contribution is 0.0762. The van der Waals surface area contributed by atoms with Gasteiger partial charge in [0.05, 0.1) is 11.3 Å². The minimum atomic E-state index is -3.67. The van der Waals surface area contributed by atoms with E-state index in [4.69, 9.17) is 17.3 Å². The second-order valence-electron chi connectivity index (χ2n) is 4.77. The number of halogens is 1. The molecule has 0 aliphatic carbocycles. The summed E-state index contributed by atoms with van der Waals surface area (Å²) >= 11 is 5.74. The van der Waals surface area contributed by atoms with E-state index in [1.165, 1.54) is 22.5 Å². The predicted octanol–water partition coefficient (Wildman–Crippen LogP) is 1.07. The maximum atomic E-state index is 12.3. The van der Waals surface area contributed by atoms with Crippen molar-refractivity contribution in [1.29, 1.82) is 0 Å². The van der Waals surface area contributed by atoms with Gasteiger partial charge in [0.2, 0.25) is 10.0 Å². The first-order valence-electron chi connectivity index (χ1n) is 5.50. The molecule has 0 aromatic heterocycles. The van der Waals surface area contributed by atoms with Gasteiger partial charge in [-0.1, -0.05) is 11.6 Å². The Morgan fingerprint density at radius 3 is 2.67 bits per heavy atom. The molecule has 1 atom stereocenters. The lowest BCUT2D eigenvalue weighted by atomic mass is 10.1. The van der Waals surface area contributed by atoms with Gasteiger partial charge in [0.1, 0.15) is 4.90 Å². The van der Waals surface area contributed by atoms with E-state index in [1.807, 2.05) is 0 Å². The van der Waals surface area contributed by atoms with Crippen molar-refractivity contribution in [1.82, 2.24) is 4.31 Å². The van der Waals surface area contributed by atoms with Crippen LogP contribution < -0.4 is 5.73 Å². The Kier molecular flexibility index (Phi) is 3.31. The Morgan fingerprint density at radius 2 is 2.17 bits per heavy atom. The molecule has 0 saturated carbocycles. The molecule has 1 aliphatic rings. The van der Waals surface area contributed by atoms with E-state index in [2.05, 4.69) is 0 Å². The van der Waals surface area contributed by atoms with Gasteiger partial charge < -0.3 is 10.8 Å². The number of hydrogen-bond acceptors (Lipinski definition) is 4. The maximum absolute atomic E-state index is 12.3. The van der Waals surface area contributed by atoms with Crippen LogP contribution in [0.5, 0.6) is 0 Å². The van der Waals surface area contributed by atoms with Crippen molar-refractivity contribution in [2.75, 3.05) is 18.8 Å². The second kappa shape index (κ2) is 4.38. The van der Waals surface area contributed by atoms with Crippen LogP contribution in [0.25, 0.3) is 0 Å². The van der Waals surface area contributed by atoms with Crippen molar-refractivity contribution in [2.45, 2.75) is 23.8 Å². The van der Waals surface area contributed by atoms with Crippen LogP contribution in [0.2, 0.25) is 5.02 Å². The summed E-state index contributed by atoms with van der Waals surface area (Å²) in [5, 5.41) is 10.2. The van der Waals surface area contributed by atoms with Gasteiger partial charge >= 0.3 is 0 Å². The summed E-state index contributed by atoms with van der Waals surface area (Å²) in [5.74, 6) is 0. The van der Waals surface area contributed by atoms with E-state index in [0.717, 1.165) is 0 Å². The van der Waals surface area contributed by atoms with Gasteiger partial charge in [0, 0.05) is 18.1 Å². The van der Waals surface area contributed by atoms with Gasteiger partial charge in [0.15, 0.2) is 0 Å². The van der Waals surface area contributed by atoms with Crippen LogP contribution >= 0.6 is 11.6 Å². The Hall–Kier alpha value is -0.820. The minimum absolute atomic E-state index is 0.0320. The highest BCUT2D eigenvalue weighted by Gasteiger charge is 2.39. The quantitative estimate of drug-likeness (QED) is 0.798. The number of hydrogen-bond donors (Lipinski definition) is 2. The van der Waals surface area contributed by atoms with Gasteiger partial charge in [-0.15, -0.1) is 0 Å². The second-order valence-corrected chi connectivity index (χ2v) is 7.11. The number of benzene rings is 1. The number of sulfonamides is 1. The van der Waals surface area contributed by atoms with E-state index in [9.17, 15) is 13.5 Å². The van der Waals surface area contributed by atoms with Gasteiger partial charge in [-0.3, -0.25) is 0 Å². The molecule has 1 aromatic rings. The molecule has 1 aromatic carbocycles. The average molecular weight is 291 g/mol. The highest BCUT2D eigenvalue weighted by Crippen LogP contribution is 2.30. The first kappa shape index (κ1) is 13.6. The predicted molar refractivity (Wildman–Crippen MR) is 69.9 cm³/mol. The molecule has 7 heteroatoms. The number of anilines is 1. The highest BCUT2D eigenvalue weighted by atomic mass is 35.5. The van der Waals surface area contributed by atoms with Crippen molar-refractivity contribution >= 4 is 27.3 Å². The first-order chi connectivity index (χ1) is 8.22. The Morgan fingerprint density at radius 1 is 1.50 bits per heavy atom. The van der Waals surface area contributed by atoms with E-state index >= 15 is 0 Å². The van der Waals surface area contributed by atoms with E-state index in [1.54, 1.807) is 6.92 Å². The maximum Gasteiger partial charge on any atom is 0.245 e. The molecule has 0 amide bonds. The molecule has 100 valence electrons. The third-order valence-electron chi connectivity index (χ3n) is 3.01. The normalized spacial score (nSPS) is 25.5. The monoisotopic (exact) mass is 290 g/mol. The summed E-state index contributed by atoms with van der Waals surface area (Å²) in [5.41, 5.74) is 4.83. The largest absolute Gasteiger partial charge is 0.398 e. The van der Waals surface area contributed by atoms with E-state index < -0.39 is 15.6 Å². The summed E-state index contributed by atoms with van der Waals surface area (Å²) in [4.78, 5) is 0.0320. The molecular weight excluding hydrogens is 276 g/mol. The smallest absolute Gasteiger partial charge is 0.245 e. The molecule has 2 rings (SSSR count). The molecule has 0 radical (unpaired) electrons. The lowest BCUT2D eigenvalue weighted by Crippen LogP contribution is -2.34. The number of rotatable bonds is 2. The molecule has 3 N–H and O–H groups in total. The number of β-amino-alcohol motifs (C(OH)–C–C–N with tert-alkyl or cyclic N) is 1. The number of nitrogens with zero attached hydrogens (tertiary/aromatic N) is 1. The summed E-state index contributed by atoms with van der Waals surface area (Å²) in [7, 11) is -3.67. The van der Waals surface area contributed by atoms with E-state index in [-0.39, 0.29) is 23.7 Å². The van der Waals surface area contributed by atoms with Crippen molar-refractivity contribution < 1.29 is 13.5 Å². The van der Waals surface area contributed by atoms with Crippen LogP contribution in [0.4, 0.5) is 5.69 Å². The summed E-state index contributed by atoms with van der Waals surface area (Å²) in [6.07, 6.45) is 0.416. The first-order valence-corrected chi connectivity index (χ1v) is 7.32. The third-order valence-corrected chi connectivity index (χ3v) is 5.16. The summed E-state index contributed by atoms with van der Waals surface area (Å²) in [6.45, 7) is 1.99. The van der Waals surface area contributed by atoms with Crippen molar-refractivity contribution in [3.05, 3.63) is 23.2 Å². The van der Waals surface area contributed by atoms with Crippen LogP contribution in [0.3, 0.4) is 0 Å². The fraction of sp³-hybridized carbons (Fsp3) is 0.455. The molecule has 1 aliphatic heterocycles. The highest BCUT2D eigenvalue weighted by molar-refractivity contribution is 7.89. The molecule has 18 heavy (non-hydrogen) atoms. The molecule has 0 spiro atoms. The van der Waals surface area contributed by atoms with Gasteiger partial charge in [-0.25, -0.2) is 8.42 Å². The molecule has 5 nitrogen and oxygen atoms in total. The molecule has 1 unspecified atom stereocenters. The molecule has 1 heterocycles. The van der Waals surface area contributed by atoms with Gasteiger partial charge in [0.25, 0.3) is 0 Å². The SMILES string of the molecule is CC1(O)CCN(S(=O)(=O)c2ccc(Cl)cc2N)C1. The van der Waals surface area contributed by atoms with Crippen molar-refractivity contribution in [3.63, 3.8) is 0 Å². The number of nitrogens with two attached hydrogens (primary N) is 1. The Bertz CT molecular complexity index is 572. The topological polar surface area (TPSA) is 83.6 Å². The van der Waals surface area contributed by atoms with Crippen molar-refractivity contribution in [2.24, 2.45) is 0 Å². The molecular formula is C11H15ClN2O3S. The van der Waals surface area contributed by atoms with Crippen LogP contribution in [0, 0.1) is 0 Å². The zero-order valence-electron chi connectivity index (χ0n) is 9.93. The molecule has 0 bridgehead atoms. The summed E-state index contributed by atoms with van der Waals surface area (Å²) < 4.78 is 25.9. The van der Waals surface area contributed by atoms with E-state index in [0.29, 0.717) is 11.4 Å². The van der Waals surface area contributed by atoms with Crippen LogP contribution in [0.15, 0.2) is 23.1 Å². The van der Waals surface area contributed by atoms with Crippen LogP contribution in [-0.4, -0.2) is 36.5 Å². The van der Waals surface area contributed by atoms with Crippen LogP contribution in [-0.2, 0) is 10.0 Å². The molecule has 1 saturated heterocycles. The number of nitrogen functional groups attached to an aromatic ring is 1. The van der Waals surface area contributed by atoms with Gasteiger partial charge in [-0.05, 0) is 31.5 Å². The third kappa shape index (κ3) is 2.47. The standard InChI is InChI=1S/C11H15ClN2O3S/c1-11(15)4-5-14(7-11)18(16,17)10-3-2-8(12)6-9(10)13/h2-3,6,15H,4-5,7,13H2,1H3. The Balaban J connectivity index is 2.38. The fourth-order valence-electron chi connectivity index (χ4n) is 2.00. The Labute approximate surface area is 111 Å². The zero-order chi connectivity index (χ0) is 13.6. The van der Waals surface area contributed by atoms with Crippen LogP contribution in [0.1, 0.15) is 13.3 Å². The average Bonchev–Trinajstić information content (AvgIpc) is 2.58. The molecule has 1 fully saturated rings. The van der Waals surface area contributed by atoms with Gasteiger partial charge in [-0.2, -0.15) is 4.31 Å². The number of aliphatic hydroxyl groups is 1. The van der Waals surface area contributed by atoms with Crippen molar-refractivity contribution in [3.8, 4) is 0 Å².